The number of amides is 1. The van der Waals surface area contributed by atoms with Crippen molar-refractivity contribution in [2.75, 3.05) is 38.0 Å². The first kappa shape index (κ1) is 15.0. The van der Waals surface area contributed by atoms with E-state index < -0.39 is 0 Å². The van der Waals surface area contributed by atoms with Crippen molar-refractivity contribution in [2.45, 2.75) is 26.7 Å². The van der Waals surface area contributed by atoms with Crippen LogP contribution >= 0.6 is 0 Å². The second-order valence-corrected chi connectivity index (χ2v) is 5.40. The Kier molecular flexibility index (Phi) is 5.55. The number of rotatable bonds is 6. The van der Waals surface area contributed by atoms with Gasteiger partial charge in [0.05, 0.1) is 6.54 Å². The van der Waals surface area contributed by atoms with Crippen molar-refractivity contribution >= 4 is 11.7 Å². The minimum atomic E-state index is -0.0246. The highest BCUT2D eigenvalue weighted by molar-refractivity contribution is 5.91. The molecule has 1 aromatic rings. The van der Waals surface area contributed by atoms with Crippen molar-refractivity contribution in [3.8, 4) is 0 Å². The van der Waals surface area contributed by atoms with Crippen LogP contribution < -0.4 is 10.6 Å². The lowest BCUT2D eigenvalue weighted by Crippen LogP contribution is -2.41. The molecule has 1 aliphatic rings. The molecule has 1 aromatic heterocycles. The summed E-state index contributed by atoms with van der Waals surface area (Å²) >= 11 is 0. The van der Waals surface area contributed by atoms with Gasteiger partial charge in [-0.15, -0.1) is 0 Å². The molecule has 0 aromatic carbocycles. The standard InChI is InChI=1S/C14H24N4O2/c1-3-15-9-12-4-6-18(7-5-12)10-14(19)16-13-8-11(2)20-17-13/h8,12,15H,3-7,9-10H2,1-2H3,(H,16,17,19). The number of hydrogen-bond donors (Lipinski definition) is 2. The number of nitrogens with one attached hydrogen (secondary N) is 2. The number of hydrogen-bond acceptors (Lipinski definition) is 5. The lowest BCUT2D eigenvalue weighted by molar-refractivity contribution is -0.117. The highest BCUT2D eigenvalue weighted by Gasteiger charge is 2.20. The number of aryl methyl sites for hydroxylation is 1. The average molecular weight is 280 g/mol. The average Bonchev–Trinajstić information content (AvgIpc) is 2.83. The molecule has 0 aliphatic carbocycles. The van der Waals surface area contributed by atoms with Crippen LogP contribution in [-0.4, -0.2) is 48.7 Å². The van der Waals surface area contributed by atoms with Gasteiger partial charge in [-0.3, -0.25) is 9.69 Å². The maximum Gasteiger partial charge on any atom is 0.239 e. The minimum Gasteiger partial charge on any atom is -0.360 e. The normalized spacial score (nSPS) is 17.3. The van der Waals surface area contributed by atoms with Crippen molar-refractivity contribution < 1.29 is 9.32 Å². The third-order valence-electron chi connectivity index (χ3n) is 3.65. The van der Waals surface area contributed by atoms with Crippen LogP contribution in [0.5, 0.6) is 0 Å². The lowest BCUT2D eigenvalue weighted by Gasteiger charge is -2.31. The van der Waals surface area contributed by atoms with Crippen LogP contribution in [0, 0.1) is 12.8 Å². The van der Waals surface area contributed by atoms with E-state index in [-0.39, 0.29) is 5.91 Å². The van der Waals surface area contributed by atoms with Crippen LogP contribution in [0.1, 0.15) is 25.5 Å². The van der Waals surface area contributed by atoms with Crippen molar-refractivity contribution in [1.82, 2.24) is 15.4 Å². The molecule has 0 radical (unpaired) electrons. The number of piperidine rings is 1. The zero-order valence-corrected chi connectivity index (χ0v) is 12.3. The van der Waals surface area contributed by atoms with Gasteiger partial charge in [0.2, 0.25) is 5.91 Å². The molecular weight excluding hydrogens is 256 g/mol. The van der Waals surface area contributed by atoms with Crippen LogP contribution in [0.2, 0.25) is 0 Å². The molecule has 2 N–H and O–H groups in total. The zero-order valence-electron chi connectivity index (χ0n) is 12.3. The molecular formula is C14H24N4O2. The third kappa shape index (κ3) is 4.61. The first-order chi connectivity index (χ1) is 9.67. The fourth-order valence-electron chi connectivity index (χ4n) is 2.51. The van der Waals surface area contributed by atoms with Crippen LogP contribution in [0.15, 0.2) is 10.6 Å². The molecule has 0 atom stereocenters. The Hall–Kier alpha value is -1.40. The van der Waals surface area contributed by atoms with Crippen LogP contribution in [0.4, 0.5) is 5.82 Å². The van der Waals surface area contributed by atoms with Crippen LogP contribution in [0.25, 0.3) is 0 Å². The Labute approximate surface area is 119 Å². The van der Waals surface area contributed by atoms with Gasteiger partial charge < -0.3 is 15.2 Å². The highest BCUT2D eigenvalue weighted by atomic mass is 16.5. The summed E-state index contributed by atoms with van der Waals surface area (Å²) in [6, 6.07) is 1.72. The van der Waals surface area contributed by atoms with Gasteiger partial charge in [-0.05, 0) is 51.9 Å². The number of carbonyl (C=O) groups excluding carboxylic acids is 1. The summed E-state index contributed by atoms with van der Waals surface area (Å²) in [5.74, 6) is 1.91. The van der Waals surface area contributed by atoms with Gasteiger partial charge in [0.15, 0.2) is 5.82 Å². The van der Waals surface area contributed by atoms with E-state index in [1.165, 1.54) is 0 Å². The largest absolute Gasteiger partial charge is 0.360 e. The summed E-state index contributed by atoms with van der Waals surface area (Å²) in [6.45, 7) is 8.46. The molecule has 1 aliphatic heterocycles. The van der Waals surface area contributed by atoms with E-state index in [2.05, 4.69) is 27.6 Å². The molecule has 1 saturated heterocycles. The van der Waals surface area contributed by atoms with E-state index in [1.54, 1.807) is 13.0 Å². The van der Waals surface area contributed by atoms with Crippen molar-refractivity contribution in [1.29, 1.82) is 0 Å². The van der Waals surface area contributed by atoms with Gasteiger partial charge in [0.25, 0.3) is 0 Å². The molecule has 20 heavy (non-hydrogen) atoms. The predicted molar refractivity (Wildman–Crippen MR) is 77.6 cm³/mol. The highest BCUT2D eigenvalue weighted by Crippen LogP contribution is 2.16. The summed E-state index contributed by atoms with van der Waals surface area (Å²) in [7, 11) is 0. The summed E-state index contributed by atoms with van der Waals surface area (Å²) in [5, 5.41) is 9.91. The van der Waals surface area contributed by atoms with E-state index in [9.17, 15) is 4.79 Å². The minimum absolute atomic E-state index is 0.0246. The third-order valence-corrected chi connectivity index (χ3v) is 3.65. The van der Waals surface area contributed by atoms with E-state index >= 15 is 0 Å². The van der Waals surface area contributed by atoms with Gasteiger partial charge in [-0.1, -0.05) is 12.1 Å². The molecule has 112 valence electrons. The van der Waals surface area contributed by atoms with Crippen molar-refractivity contribution in [3.63, 3.8) is 0 Å². The molecule has 0 spiro atoms. The number of likely N-dealkylation sites (tertiary alicyclic amines) is 1. The smallest absolute Gasteiger partial charge is 0.239 e. The van der Waals surface area contributed by atoms with E-state index in [0.717, 1.165) is 44.9 Å². The maximum atomic E-state index is 11.9. The van der Waals surface area contributed by atoms with Crippen LogP contribution in [0.3, 0.4) is 0 Å². The van der Waals surface area contributed by atoms with Gasteiger partial charge in [-0.2, -0.15) is 0 Å². The maximum absolute atomic E-state index is 11.9. The first-order valence-electron chi connectivity index (χ1n) is 7.33. The summed E-state index contributed by atoms with van der Waals surface area (Å²) in [6.07, 6.45) is 2.31. The van der Waals surface area contributed by atoms with E-state index in [1.807, 2.05) is 0 Å². The van der Waals surface area contributed by atoms with Gasteiger partial charge in [-0.25, -0.2) is 0 Å². The zero-order chi connectivity index (χ0) is 14.4. The summed E-state index contributed by atoms with van der Waals surface area (Å²) in [5.41, 5.74) is 0. The summed E-state index contributed by atoms with van der Waals surface area (Å²) < 4.78 is 4.92. The number of nitrogens with zero attached hydrogens (tertiary/aromatic N) is 2. The van der Waals surface area contributed by atoms with E-state index in [4.69, 9.17) is 4.52 Å². The molecule has 6 heteroatoms. The molecule has 1 amide bonds. The monoisotopic (exact) mass is 280 g/mol. The quantitative estimate of drug-likeness (QED) is 0.820. The Morgan fingerprint density at radius 3 is 2.85 bits per heavy atom. The van der Waals surface area contributed by atoms with Gasteiger partial charge in [0.1, 0.15) is 5.76 Å². The lowest BCUT2D eigenvalue weighted by atomic mass is 9.97. The topological polar surface area (TPSA) is 70.4 Å². The first-order valence-corrected chi connectivity index (χ1v) is 7.33. The van der Waals surface area contributed by atoms with Crippen molar-refractivity contribution in [3.05, 3.63) is 11.8 Å². The molecule has 2 rings (SSSR count). The Balaban J connectivity index is 1.68. The Morgan fingerprint density at radius 1 is 1.50 bits per heavy atom. The van der Waals surface area contributed by atoms with Gasteiger partial charge >= 0.3 is 0 Å². The van der Waals surface area contributed by atoms with Gasteiger partial charge in [0, 0.05) is 6.07 Å². The fraction of sp³-hybridized carbons (Fsp3) is 0.714. The molecule has 1 fully saturated rings. The molecule has 0 bridgehead atoms. The predicted octanol–water partition coefficient (Wildman–Crippen LogP) is 1.24. The number of carbonyl (C=O) groups is 1. The Bertz CT molecular complexity index is 425. The van der Waals surface area contributed by atoms with E-state index in [0.29, 0.717) is 18.1 Å². The SMILES string of the molecule is CCNCC1CCN(CC(=O)Nc2cc(C)on2)CC1. The number of aromatic nitrogens is 1. The second-order valence-electron chi connectivity index (χ2n) is 5.40. The second kappa shape index (κ2) is 7.40. The molecule has 0 saturated carbocycles. The number of anilines is 1. The molecule has 6 nitrogen and oxygen atoms in total. The van der Waals surface area contributed by atoms with Crippen LogP contribution in [-0.2, 0) is 4.79 Å². The molecule has 2 heterocycles. The Morgan fingerprint density at radius 2 is 2.25 bits per heavy atom. The molecule has 0 unspecified atom stereocenters. The van der Waals surface area contributed by atoms with Crippen molar-refractivity contribution in [2.24, 2.45) is 5.92 Å². The fourth-order valence-corrected chi connectivity index (χ4v) is 2.51. The summed E-state index contributed by atoms with van der Waals surface area (Å²) in [4.78, 5) is 14.1.